The molecule has 1 unspecified atom stereocenters. The number of carbonyl (C=O) groups is 2. The van der Waals surface area contributed by atoms with Crippen LogP contribution < -0.4 is 4.72 Å². The lowest BCUT2D eigenvalue weighted by atomic mass is 10.1. The minimum atomic E-state index is -3.97. The number of carboxylic acids is 1. The van der Waals surface area contributed by atoms with Gasteiger partial charge in [-0.25, -0.2) is 17.9 Å². The SMILES string of the molecule is CCCC(CC(=O)O)NS(=O)(=O)c1ccsc1C(=O)OC. The molecule has 2 N–H and O–H groups in total. The lowest BCUT2D eigenvalue weighted by molar-refractivity contribution is -0.137. The van der Waals surface area contributed by atoms with Crippen molar-refractivity contribution in [2.24, 2.45) is 0 Å². The van der Waals surface area contributed by atoms with E-state index < -0.39 is 28.0 Å². The van der Waals surface area contributed by atoms with Crippen molar-refractivity contribution in [2.45, 2.75) is 37.1 Å². The summed E-state index contributed by atoms with van der Waals surface area (Å²) >= 11 is 0.953. The Labute approximate surface area is 127 Å². The van der Waals surface area contributed by atoms with Crippen molar-refractivity contribution in [1.29, 1.82) is 0 Å². The Morgan fingerprint density at radius 1 is 1.48 bits per heavy atom. The molecule has 21 heavy (non-hydrogen) atoms. The maximum atomic E-state index is 12.3. The van der Waals surface area contributed by atoms with Gasteiger partial charge >= 0.3 is 11.9 Å². The van der Waals surface area contributed by atoms with Crippen molar-refractivity contribution in [1.82, 2.24) is 4.72 Å². The van der Waals surface area contributed by atoms with Crippen LogP contribution in [-0.4, -0.2) is 38.6 Å². The van der Waals surface area contributed by atoms with E-state index in [2.05, 4.69) is 9.46 Å². The Kier molecular flexibility index (Phi) is 6.31. The number of hydrogen-bond acceptors (Lipinski definition) is 6. The third-order valence-corrected chi connectivity index (χ3v) is 5.26. The summed E-state index contributed by atoms with van der Waals surface area (Å²) in [5.41, 5.74) is 0. The summed E-state index contributed by atoms with van der Waals surface area (Å²) in [6, 6.07) is 0.575. The highest BCUT2D eigenvalue weighted by Crippen LogP contribution is 2.23. The molecule has 118 valence electrons. The fourth-order valence-electron chi connectivity index (χ4n) is 1.80. The van der Waals surface area contributed by atoms with Crippen molar-refractivity contribution < 1.29 is 27.9 Å². The summed E-state index contributed by atoms with van der Waals surface area (Å²) in [5, 5.41) is 10.3. The average molecular weight is 335 g/mol. The maximum absolute atomic E-state index is 12.3. The molecular weight excluding hydrogens is 318 g/mol. The van der Waals surface area contributed by atoms with E-state index in [9.17, 15) is 18.0 Å². The molecule has 1 aromatic heterocycles. The van der Waals surface area contributed by atoms with E-state index in [4.69, 9.17) is 5.11 Å². The zero-order chi connectivity index (χ0) is 16.0. The van der Waals surface area contributed by atoms with E-state index in [1.165, 1.54) is 11.4 Å². The van der Waals surface area contributed by atoms with Gasteiger partial charge in [0.2, 0.25) is 10.0 Å². The Balaban J connectivity index is 3.02. The van der Waals surface area contributed by atoms with Crippen LogP contribution >= 0.6 is 11.3 Å². The molecule has 0 fully saturated rings. The van der Waals surface area contributed by atoms with Crippen LogP contribution in [0.3, 0.4) is 0 Å². The molecule has 1 aromatic rings. The summed E-state index contributed by atoms with van der Waals surface area (Å²) in [6.07, 6.45) is 0.710. The highest BCUT2D eigenvalue weighted by molar-refractivity contribution is 7.89. The Morgan fingerprint density at radius 3 is 2.67 bits per heavy atom. The van der Waals surface area contributed by atoms with Gasteiger partial charge in [0.05, 0.1) is 13.5 Å². The van der Waals surface area contributed by atoms with Gasteiger partial charge in [-0.1, -0.05) is 13.3 Å². The van der Waals surface area contributed by atoms with E-state index in [-0.39, 0.29) is 16.2 Å². The molecule has 0 radical (unpaired) electrons. The number of ether oxygens (including phenoxy) is 1. The average Bonchev–Trinajstić information content (AvgIpc) is 2.86. The Morgan fingerprint density at radius 2 is 2.14 bits per heavy atom. The minimum Gasteiger partial charge on any atom is -0.481 e. The predicted molar refractivity (Wildman–Crippen MR) is 76.9 cm³/mol. The Bertz CT molecular complexity index is 607. The Hall–Kier alpha value is -1.45. The molecule has 7 nitrogen and oxygen atoms in total. The van der Waals surface area contributed by atoms with Crippen molar-refractivity contribution in [3.63, 3.8) is 0 Å². The van der Waals surface area contributed by atoms with Crippen LogP contribution in [0.2, 0.25) is 0 Å². The predicted octanol–water partition coefficient (Wildman–Crippen LogP) is 1.46. The van der Waals surface area contributed by atoms with Gasteiger partial charge in [0.1, 0.15) is 9.77 Å². The summed E-state index contributed by atoms with van der Waals surface area (Å²) < 4.78 is 31.5. The zero-order valence-corrected chi connectivity index (χ0v) is 13.3. The summed E-state index contributed by atoms with van der Waals surface area (Å²) in [7, 11) is -2.81. The number of thiophene rings is 1. The van der Waals surface area contributed by atoms with Gasteiger partial charge in [0, 0.05) is 6.04 Å². The van der Waals surface area contributed by atoms with Crippen LogP contribution in [0.1, 0.15) is 35.9 Å². The molecule has 0 amide bonds. The molecule has 1 atom stereocenters. The molecule has 0 aliphatic rings. The van der Waals surface area contributed by atoms with Gasteiger partial charge in [-0.05, 0) is 17.9 Å². The molecular formula is C12H17NO6S2. The molecule has 9 heteroatoms. The minimum absolute atomic E-state index is 0.0319. The van der Waals surface area contributed by atoms with E-state index in [1.54, 1.807) is 0 Å². The first-order valence-electron chi connectivity index (χ1n) is 6.21. The molecule has 0 saturated heterocycles. The van der Waals surface area contributed by atoms with Crippen LogP contribution in [0.25, 0.3) is 0 Å². The van der Waals surface area contributed by atoms with Gasteiger partial charge in [0.15, 0.2) is 0 Å². The normalized spacial score (nSPS) is 12.9. The second kappa shape index (κ2) is 7.53. The third kappa shape index (κ3) is 4.80. The number of hydrogen-bond donors (Lipinski definition) is 2. The summed E-state index contributed by atoms with van der Waals surface area (Å²) in [4.78, 5) is 22.1. The number of esters is 1. The quantitative estimate of drug-likeness (QED) is 0.696. The van der Waals surface area contributed by atoms with E-state index in [0.717, 1.165) is 18.4 Å². The monoisotopic (exact) mass is 335 g/mol. The molecule has 0 spiro atoms. The second-order valence-corrected chi connectivity index (χ2v) is 6.91. The topological polar surface area (TPSA) is 110 Å². The molecule has 0 aliphatic carbocycles. The van der Waals surface area contributed by atoms with Gasteiger partial charge < -0.3 is 9.84 Å². The molecule has 0 aliphatic heterocycles. The van der Waals surface area contributed by atoms with Gasteiger partial charge in [-0.3, -0.25) is 4.79 Å². The molecule has 0 bridgehead atoms. The van der Waals surface area contributed by atoms with Crippen LogP contribution in [0.5, 0.6) is 0 Å². The smallest absolute Gasteiger partial charge is 0.349 e. The lowest BCUT2D eigenvalue weighted by Crippen LogP contribution is -2.36. The highest BCUT2D eigenvalue weighted by Gasteiger charge is 2.27. The lowest BCUT2D eigenvalue weighted by Gasteiger charge is -2.16. The van der Waals surface area contributed by atoms with E-state index in [0.29, 0.717) is 12.8 Å². The van der Waals surface area contributed by atoms with Gasteiger partial charge in [-0.2, -0.15) is 0 Å². The highest BCUT2D eigenvalue weighted by atomic mass is 32.2. The van der Waals surface area contributed by atoms with Crippen LogP contribution in [0.15, 0.2) is 16.3 Å². The number of carbonyl (C=O) groups excluding carboxylic acids is 1. The maximum Gasteiger partial charge on any atom is 0.349 e. The first kappa shape index (κ1) is 17.6. The number of sulfonamides is 1. The van der Waals surface area contributed by atoms with Gasteiger partial charge in [0.25, 0.3) is 0 Å². The number of nitrogens with one attached hydrogen (secondary N) is 1. The number of methoxy groups -OCH3 is 1. The van der Waals surface area contributed by atoms with E-state index in [1.807, 2.05) is 6.92 Å². The third-order valence-electron chi connectivity index (χ3n) is 2.67. The van der Waals surface area contributed by atoms with Crippen LogP contribution in [0.4, 0.5) is 0 Å². The number of rotatable bonds is 8. The second-order valence-electron chi connectivity index (χ2n) is 4.31. The molecule has 0 aromatic carbocycles. The van der Waals surface area contributed by atoms with Crippen molar-refractivity contribution >= 4 is 33.3 Å². The first-order valence-corrected chi connectivity index (χ1v) is 8.58. The molecule has 1 rings (SSSR count). The van der Waals surface area contributed by atoms with Gasteiger partial charge in [-0.15, -0.1) is 11.3 Å². The number of carboxylic acid groups (broad SMARTS) is 1. The first-order chi connectivity index (χ1) is 9.81. The largest absolute Gasteiger partial charge is 0.481 e. The molecule has 0 saturated carbocycles. The van der Waals surface area contributed by atoms with Crippen LogP contribution in [0, 0.1) is 0 Å². The van der Waals surface area contributed by atoms with E-state index >= 15 is 0 Å². The summed E-state index contributed by atoms with van der Waals surface area (Å²) in [5.74, 6) is -1.83. The number of aliphatic carboxylic acids is 1. The fourth-order valence-corrected chi connectivity index (χ4v) is 4.40. The zero-order valence-electron chi connectivity index (χ0n) is 11.7. The van der Waals surface area contributed by atoms with Crippen molar-refractivity contribution in [3.05, 3.63) is 16.3 Å². The summed E-state index contributed by atoms with van der Waals surface area (Å²) in [6.45, 7) is 1.83. The standard InChI is InChI=1S/C12H17NO6S2/c1-3-4-8(7-10(14)15)13-21(17,18)9-5-6-20-11(9)12(16)19-2/h5-6,8,13H,3-4,7H2,1-2H3,(H,14,15). The van der Waals surface area contributed by atoms with Crippen LogP contribution in [-0.2, 0) is 19.6 Å². The molecule has 1 heterocycles. The van der Waals surface area contributed by atoms with Crippen molar-refractivity contribution in [3.8, 4) is 0 Å². The fraction of sp³-hybridized carbons (Fsp3) is 0.500. The van der Waals surface area contributed by atoms with Crippen molar-refractivity contribution in [2.75, 3.05) is 7.11 Å².